The summed E-state index contributed by atoms with van der Waals surface area (Å²) in [4.78, 5) is 22.8. The lowest BCUT2D eigenvalue weighted by atomic mass is 10.1. The van der Waals surface area contributed by atoms with Gasteiger partial charge in [0.15, 0.2) is 0 Å². The maximum Gasteiger partial charge on any atom is 0.246 e. The highest BCUT2D eigenvalue weighted by Gasteiger charge is 2.23. The molecule has 6 nitrogen and oxygen atoms in total. The first-order chi connectivity index (χ1) is 13.0. The van der Waals surface area contributed by atoms with E-state index in [1.807, 2.05) is 55.2 Å². The molecule has 1 fully saturated rings. The number of amides is 1. The Morgan fingerprint density at radius 2 is 1.85 bits per heavy atom. The normalized spacial score (nSPS) is 15.1. The Morgan fingerprint density at radius 3 is 2.48 bits per heavy atom. The van der Waals surface area contributed by atoms with E-state index in [0.717, 1.165) is 29.8 Å². The van der Waals surface area contributed by atoms with Gasteiger partial charge in [0.25, 0.3) is 0 Å². The van der Waals surface area contributed by atoms with E-state index in [2.05, 4.69) is 9.97 Å². The molecule has 1 aliphatic rings. The van der Waals surface area contributed by atoms with E-state index in [-0.39, 0.29) is 12.0 Å². The second-order valence-electron chi connectivity index (χ2n) is 6.64. The monoisotopic (exact) mass is 367 g/mol. The SMILES string of the molecule is COc1ccc(/C=C/C(=O)N2CCC(Oc3cc(C)nc(C)n3)CC2)cc1. The van der Waals surface area contributed by atoms with Gasteiger partial charge in [-0.1, -0.05) is 12.1 Å². The molecule has 1 aliphatic heterocycles. The average Bonchev–Trinajstić information content (AvgIpc) is 2.66. The van der Waals surface area contributed by atoms with Gasteiger partial charge in [-0.25, -0.2) is 4.98 Å². The van der Waals surface area contributed by atoms with E-state index in [9.17, 15) is 4.79 Å². The van der Waals surface area contributed by atoms with Crippen LogP contribution in [0.1, 0.15) is 29.9 Å². The Hall–Kier alpha value is -2.89. The molecule has 1 aromatic heterocycles. The van der Waals surface area contributed by atoms with Crippen LogP contribution in [0, 0.1) is 13.8 Å². The minimum Gasteiger partial charge on any atom is -0.497 e. The Bertz CT molecular complexity index is 790. The number of carbonyl (C=O) groups is 1. The third kappa shape index (κ3) is 5.29. The van der Waals surface area contributed by atoms with Crippen molar-refractivity contribution in [3.63, 3.8) is 0 Å². The van der Waals surface area contributed by atoms with Crippen LogP contribution < -0.4 is 9.47 Å². The molecule has 3 rings (SSSR count). The van der Waals surface area contributed by atoms with E-state index in [1.165, 1.54) is 0 Å². The molecule has 0 atom stereocenters. The van der Waals surface area contributed by atoms with E-state index in [0.29, 0.717) is 24.8 Å². The number of rotatable bonds is 5. The Balaban J connectivity index is 1.50. The van der Waals surface area contributed by atoms with E-state index in [4.69, 9.17) is 9.47 Å². The molecule has 142 valence electrons. The fourth-order valence-electron chi connectivity index (χ4n) is 3.10. The molecule has 0 radical (unpaired) electrons. The Kier molecular flexibility index (Phi) is 6.06. The summed E-state index contributed by atoms with van der Waals surface area (Å²) in [6, 6.07) is 9.46. The molecule has 1 saturated heterocycles. The van der Waals surface area contributed by atoms with Crippen LogP contribution in [-0.2, 0) is 4.79 Å². The number of aryl methyl sites for hydroxylation is 2. The maximum atomic E-state index is 12.4. The number of hydrogen-bond donors (Lipinski definition) is 0. The van der Waals surface area contributed by atoms with Crippen molar-refractivity contribution in [1.29, 1.82) is 0 Å². The number of likely N-dealkylation sites (tertiary alicyclic amines) is 1. The molecular weight excluding hydrogens is 342 g/mol. The van der Waals surface area contributed by atoms with Crippen LogP contribution in [0.25, 0.3) is 6.08 Å². The number of carbonyl (C=O) groups excluding carboxylic acids is 1. The number of ether oxygens (including phenoxy) is 2. The summed E-state index contributed by atoms with van der Waals surface area (Å²) in [7, 11) is 1.63. The van der Waals surface area contributed by atoms with Crippen molar-refractivity contribution >= 4 is 12.0 Å². The number of nitrogens with zero attached hydrogens (tertiary/aromatic N) is 3. The van der Waals surface area contributed by atoms with Crippen LogP contribution in [-0.4, -0.2) is 47.1 Å². The molecule has 1 amide bonds. The number of hydrogen-bond acceptors (Lipinski definition) is 5. The van der Waals surface area contributed by atoms with Crippen molar-refractivity contribution in [3.05, 3.63) is 53.5 Å². The molecule has 0 saturated carbocycles. The first-order valence-corrected chi connectivity index (χ1v) is 9.13. The standard InChI is InChI=1S/C21H25N3O3/c1-15-14-20(23-16(2)22-15)27-19-10-12-24(13-11-19)21(25)9-6-17-4-7-18(26-3)8-5-17/h4-9,14,19H,10-13H2,1-3H3/b9-6+. The molecule has 1 aromatic carbocycles. The molecule has 27 heavy (non-hydrogen) atoms. The van der Waals surface area contributed by atoms with Crippen molar-refractivity contribution < 1.29 is 14.3 Å². The van der Waals surface area contributed by atoms with Gasteiger partial charge in [-0.3, -0.25) is 4.79 Å². The lowest BCUT2D eigenvalue weighted by Gasteiger charge is -2.31. The first-order valence-electron chi connectivity index (χ1n) is 9.13. The molecule has 0 spiro atoms. The molecule has 6 heteroatoms. The zero-order chi connectivity index (χ0) is 19.2. The summed E-state index contributed by atoms with van der Waals surface area (Å²) < 4.78 is 11.1. The lowest BCUT2D eigenvalue weighted by Crippen LogP contribution is -2.41. The minimum atomic E-state index is 0.0259. The second-order valence-corrected chi connectivity index (χ2v) is 6.64. The third-order valence-corrected chi connectivity index (χ3v) is 4.52. The van der Waals surface area contributed by atoms with Crippen molar-refractivity contribution in [1.82, 2.24) is 14.9 Å². The van der Waals surface area contributed by atoms with Gasteiger partial charge < -0.3 is 14.4 Å². The summed E-state index contributed by atoms with van der Waals surface area (Å²) in [5, 5.41) is 0. The first kappa shape index (κ1) is 18.9. The van der Waals surface area contributed by atoms with Gasteiger partial charge in [0.05, 0.1) is 7.11 Å². The summed E-state index contributed by atoms with van der Waals surface area (Å²) in [5.41, 5.74) is 1.87. The predicted octanol–water partition coefficient (Wildman–Crippen LogP) is 3.19. The van der Waals surface area contributed by atoms with Gasteiger partial charge in [0, 0.05) is 43.8 Å². The van der Waals surface area contributed by atoms with Crippen LogP contribution in [0.4, 0.5) is 0 Å². The molecule has 0 aliphatic carbocycles. The summed E-state index contributed by atoms with van der Waals surface area (Å²) in [6.45, 7) is 5.15. The molecule has 0 bridgehead atoms. The van der Waals surface area contributed by atoms with Crippen molar-refractivity contribution in [2.45, 2.75) is 32.8 Å². The fourth-order valence-corrected chi connectivity index (χ4v) is 3.10. The molecule has 0 N–H and O–H groups in total. The van der Waals surface area contributed by atoms with Gasteiger partial charge >= 0.3 is 0 Å². The predicted molar refractivity (Wildman–Crippen MR) is 104 cm³/mol. The maximum absolute atomic E-state index is 12.4. The molecule has 0 unspecified atom stereocenters. The lowest BCUT2D eigenvalue weighted by molar-refractivity contribution is -0.127. The van der Waals surface area contributed by atoms with Crippen LogP contribution in [0.5, 0.6) is 11.6 Å². The highest BCUT2D eigenvalue weighted by Crippen LogP contribution is 2.19. The number of methoxy groups -OCH3 is 1. The summed E-state index contributed by atoms with van der Waals surface area (Å²) >= 11 is 0. The van der Waals surface area contributed by atoms with Gasteiger partial charge in [0.2, 0.25) is 11.8 Å². The summed E-state index contributed by atoms with van der Waals surface area (Å²) in [6.07, 6.45) is 5.12. The average molecular weight is 367 g/mol. The van der Waals surface area contributed by atoms with Gasteiger partial charge in [0.1, 0.15) is 17.7 Å². The van der Waals surface area contributed by atoms with Gasteiger partial charge in [-0.05, 0) is 37.6 Å². The van der Waals surface area contributed by atoms with Crippen LogP contribution in [0.2, 0.25) is 0 Å². The summed E-state index contributed by atoms with van der Waals surface area (Å²) in [5.74, 6) is 2.15. The molecular formula is C21H25N3O3. The third-order valence-electron chi connectivity index (χ3n) is 4.52. The van der Waals surface area contributed by atoms with Gasteiger partial charge in [-0.2, -0.15) is 4.98 Å². The van der Waals surface area contributed by atoms with Crippen molar-refractivity contribution in [2.75, 3.05) is 20.2 Å². The minimum absolute atomic E-state index is 0.0259. The Labute approximate surface area is 159 Å². The highest BCUT2D eigenvalue weighted by molar-refractivity contribution is 5.91. The van der Waals surface area contributed by atoms with Crippen LogP contribution in [0.15, 0.2) is 36.4 Å². The van der Waals surface area contributed by atoms with Crippen molar-refractivity contribution in [3.8, 4) is 11.6 Å². The highest BCUT2D eigenvalue weighted by atomic mass is 16.5. The zero-order valence-corrected chi connectivity index (χ0v) is 16.0. The fraction of sp³-hybridized carbons (Fsp3) is 0.381. The molecule has 2 heterocycles. The number of piperidine rings is 1. The zero-order valence-electron chi connectivity index (χ0n) is 16.0. The largest absolute Gasteiger partial charge is 0.497 e. The smallest absolute Gasteiger partial charge is 0.246 e. The Morgan fingerprint density at radius 1 is 1.15 bits per heavy atom. The topological polar surface area (TPSA) is 64.5 Å². The van der Waals surface area contributed by atoms with E-state index in [1.54, 1.807) is 13.2 Å². The quantitative estimate of drug-likeness (QED) is 0.760. The van der Waals surface area contributed by atoms with E-state index >= 15 is 0 Å². The number of aromatic nitrogens is 2. The van der Waals surface area contributed by atoms with Crippen molar-refractivity contribution in [2.24, 2.45) is 0 Å². The van der Waals surface area contributed by atoms with Gasteiger partial charge in [-0.15, -0.1) is 0 Å². The van der Waals surface area contributed by atoms with Crippen LogP contribution in [0.3, 0.4) is 0 Å². The number of benzene rings is 1. The van der Waals surface area contributed by atoms with Crippen LogP contribution >= 0.6 is 0 Å². The van der Waals surface area contributed by atoms with E-state index < -0.39 is 0 Å². The second kappa shape index (κ2) is 8.66. The molecule has 2 aromatic rings.